The third-order valence-electron chi connectivity index (χ3n) is 5.05. The topological polar surface area (TPSA) is 45.2 Å². The zero-order valence-corrected chi connectivity index (χ0v) is 16.3. The number of aromatic nitrogens is 1. The Bertz CT molecular complexity index is 1000. The fraction of sp³-hybridized carbons (Fsp3) is 0.217. The van der Waals surface area contributed by atoms with Crippen LogP contribution in [0.15, 0.2) is 66.7 Å². The highest BCUT2D eigenvalue weighted by molar-refractivity contribution is 6.31. The lowest BCUT2D eigenvalue weighted by molar-refractivity contribution is -0.116. The van der Waals surface area contributed by atoms with Crippen molar-refractivity contribution in [1.29, 1.82) is 0 Å². The first-order valence-corrected chi connectivity index (χ1v) is 9.87. The Morgan fingerprint density at radius 1 is 1.18 bits per heavy atom. The summed E-state index contributed by atoms with van der Waals surface area (Å²) in [5.41, 5.74) is 2.81. The van der Waals surface area contributed by atoms with Crippen LogP contribution in [0, 0.1) is 5.92 Å². The van der Waals surface area contributed by atoms with Crippen molar-refractivity contribution in [3.05, 3.63) is 77.5 Å². The van der Waals surface area contributed by atoms with Gasteiger partial charge in [-0.05, 0) is 48.7 Å². The van der Waals surface area contributed by atoms with Gasteiger partial charge >= 0.3 is 0 Å². The van der Waals surface area contributed by atoms with Crippen LogP contribution in [0.3, 0.4) is 0 Å². The zero-order valence-electron chi connectivity index (χ0n) is 15.5. The number of pyridine rings is 1. The number of carbonyl (C=O) groups excluding carboxylic acids is 1. The lowest BCUT2D eigenvalue weighted by Crippen LogP contribution is -2.29. The smallest absolute Gasteiger partial charge is 0.244 e. The molecule has 0 aliphatic carbocycles. The highest BCUT2D eigenvalue weighted by Gasteiger charge is 2.22. The summed E-state index contributed by atoms with van der Waals surface area (Å²) in [7, 11) is 0. The Kier molecular flexibility index (Phi) is 5.58. The van der Waals surface area contributed by atoms with Crippen molar-refractivity contribution in [2.75, 3.05) is 24.5 Å². The Hall–Kier alpha value is -2.85. The summed E-state index contributed by atoms with van der Waals surface area (Å²) in [5.74, 6) is 0.379. The van der Waals surface area contributed by atoms with Gasteiger partial charge in [0.1, 0.15) is 0 Å². The second-order valence-corrected chi connectivity index (χ2v) is 7.52. The van der Waals surface area contributed by atoms with Gasteiger partial charge in [-0.25, -0.2) is 4.98 Å². The van der Waals surface area contributed by atoms with E-state index in [1.165, 1.54) is 5.69 Å². The van der Waals surface area contributed by atoms with Crippen LogP contribution in [0.4, 0.5) is 5.69 Å². The van der Waals surface area contributed by atoms with Crippen LogP contribution in [-0.4, -0.2) is 30.5 Å². The predicted molar refractivity (Wildman–Crippen MR) is 116 cm³/mol. The van der Waals surface area contributed by atoms with Crippen LogP contribution in [0.1, 0.15) is 12.1 Å². The molecule has 1 aliphatic rings. The largest absolute Gasteiger partial charge is 0.371 e. The number of fused-ring (bicyclic) bond motifs is 1. The zero-order chi connectivity index (χ0) is 19.3. The highest BCUT2D eigenvalue weighted by atomic mass is 35.5. The van der Waals surface area contributed by atoms with Crippen LogP contribution in [-0.2, 0) is 4.79 Å². The van der Waals surface area contributed by atoms with E-state index in [2.05, 4.69) is 39.5 Å². The molecule has 5 heteroatoms. The first kappa shape index (κ1) is 18.5. The molecule has 4 rings (SSSR count). The summed E-state index contributed by atoms with van der Waals surface area (Å²) in [6.07, 6.45) is 4.37. The molecule has 0 saturated carbocycles. The first-order valence-electron chi connectivity index (χ1n) is 9.49. The number of hydrogen-bond donors (Lipinski definition) is 1. The number of hydrogen-bond acceptors (Lipinski definition) is 3. The number of carbonyl (C=O) groups is 1. The molecule has 0 radical (unpaired) electrons. The number of para-hydroxylation sites is 1. The maximum absolute atomic E-state index is 12.2. The molecular weight excluding hydrogens is 370 g/mol. The molecule has 1 aromatic heterocycles. The number of anilines is 1. The summed E-state index contributed by atoms with van der Waals surface area (Å²) in [4.78, 5) is 19.1. The first-order chi connectivity index (χ1) is 13.7. The Morgan fingerprint density at radius 3 is 2.86 bits per heavy atom. The third kappa shape index (κ3) is 4.52. The van der Waals surface area contributed by atoms with Gasteiger partial charge in [0.25, 0.3) is 0 Å². The second-order valence-electron chi connectivity index (χ2n) is 7.09. The van der Waals surface area contributed by atoms with Crippen LogP contribution in [0.2, 0.25) is 5.02 Å². The summed E-state index contributed by atoms with van der Waals surface area (Å²) < 4.78 is 0. The van der Waals surface area contributed by atoms with Crippen LogP contribution in [0.25, 0.3) is 17.0 Å². The number of amides is 1. The summed E-state index contributed by atoms with van der Waals surface area (Å²) in [6, 6.07) is 19.9. The molecule has 1 amide bonds. The maximum atomic E-state index is 12.2. The molecule has 1 aliphatic heterocycles. The van der Waals surface area contributed by atoms with Gasteiger partial charge in [0.15, 0.2) is 0 Å². The number of halogens is 1. The molecule has 3 aromatic rings. The summed E-state index contributed by atoms with van der Waals surface area (Å²) in [6.45, 7) is 2.69. The van der Waals surface area contributed by atoms with Gasteiger partial charge in [0, 0.05) is 41.8 Å². The van der Waals surface area contributed by atoms with Crippen LogP contribution >= 0.6 is 11.6 Å². The van der Waals surface area contributed by atoms with Gasteiger partial charge in [0.05, 0.1) is 11.2 Å². The normalized spacial score (nSPS) is 16.8. The minimum Gasteiger partial charge on any atom is -0.371 e. The van der Waals surface area contributed by atoms with E-state index in [1.54, 1.807) is 12.2 Å². The lowest BCUT2D eigenvalue weighted by atomic mass is 10.1. The van der Waals surface area contributed by atoms with Crippen LogP contribution < -0.4 is 10.2 Å². The van der Waals surface area contributed by atoms with Crippen molar-refractivity contribution in [2.45, 2.75) is 6.42 Å². The highest BCUT2D eigenvalue weighted by Crippen LogP contribution is 2.23. The van der Waals surface area contributed by atoms with Crippen molar-refractivity contribution in [3.63, 3.8) is 0 Å². The Morgan fingerprint density at radius 2 is 2.00 bits per heavy atom. The molecule has 142 valence electrons. The standard InChI is InChI=1S/C23H22ClN3O/c24-19-8-6-18-7-9-20(26-22(18)14-19)10-11-23(28)25-15-17-12-13-27(16-17)21-4-2-1-3-5-21/h1-11,14,17H,12-13,15-16H2,(H,25,28)/b11-10+. The van der Waals surface area contributed by atoms with Gasteiger partial charge in [-0.3, -0.25) is 4.79 Å². The molecule has 1 saturated heterocycles. The molecule has 2 heterocycles. The number of nitrogens with zero attached hydrogens (tertiary/aromatic N) is 2. The van der Waals surface area contributed by atoms with E-state index < -0.39 is 0 Å². The van der Waals surface area contributed by atoms with Crippen molar-refractivity contribution < 1.29 is 4.79 Å². The van der Waals surface area contributed by atoms with Gasteiger partial charge < -0.3 is 10.2 Å². The third-order valence-corrected chi connectivity index (χ3v) is 5.29. The van der Waals surface area contributed by atoms with Crippen molar-refractivity contribution in [1.82, 2.24) is 10.3 Å². The van der Waals surface area contributed by atoms with Crippen LogP contribution in [0.5, 0.6) is 0 Å². The number of rotatable bonds is 5. The Labute approximate surface area is 169 Å². The van der Waals surface area contributed by atoms with Gasteiger partial charge in [-0.2, -0.15) is 0 Å². The van der Waals surface area contributed by atoms with Crippen molar-refractivity contribution in [2.24, 2.45) is 5.92 Å². The predicted octanol–water partition coefficient (Wildman–Crippen LogP) is 4.54. The van der Waals surface area contributed by atoms with Gasteiger partial charge in [-0.1, -0.05) is 41.9 Å². The second kappa shape index (κ2) is 8.44. The van der Waals surface area contributed by atoms with Gasteiger partial charge in [0.2, 0.25) is 5.91 Å². The molecule has 28 heavy (non-hydrogen) atoms. The molecule has 1 unspecified atom stereocenters. The summed E-state index contributed by atoms with van der Waals surface area (Å²) >= 11 is 6.03. The van der Waals surface area contributed by atoms with E-state index in [1.807, 2.05) is 36.4 Å². The molecule has 1 atom stereocenters. The van der Waals surface area contributed by atoms with Crippen molar-refractivity contribution >= 4 is 40.2 Å². The number of benzene rings is 2. The van der Waals surface area contributed by atoms with E-state index in [4.69, 9.17) is 11.6 Å². The van der Waals surface area contributed by atoms with E-state index in [9.17, 15) is 4.79 Å². The van der Waals surface area contributed by atoms with Gasteiger partial charge in [-0.15, -0.1) is 0 Å². The molecule has 1 fully saturated rings. The minimum absolute atomic E-state index is 0.0915. The molecule has 4 nitrogen and oxygen atoms in total. The maximum Gasteiger partial charge on any atom is 0.244 e. The molecule has 1 N–H and O–H groups in total. The minimum atomic E-state index is -0.0915. The Balaban J connectivity index is 1.30. The van der Waals surface area contributed by atoms with E-state index in [0.29, 0.717) is 17.5 Å². The fourth-order valence-electron chi connectivity index (χ4n) is 3.54. The quantitative estimate of drug-likeness (QED) is 0.649. The summed E-state index contributed by atoms with van der Waals surface area (Å²) in [5, 5.41) is 4.69. The molecular formula is C23H22ClN3O. The monoisotopic (exact) mass is 391 g/mol. The van der Waals surface area contributed by atoms with E-state index in [0.717, 1.165) is 36.1 Å². The number of nitrogens with one attached hydrogen (secondary N) is 1. The molecule has 2 aromatic carbocycles. The lowest BCUT2D eigenvalue weighted by Gasteiger charge is -2.18. The van der Waals surface area contributed by atoms with E-state index in [-0.39, 0.29) is 5.91 Å². The molecule has 0 spiro atoms. The van der Waals surface area contributed by atoms with E-state index >= 15 is 0 Å². The SMILES string of the molecule is O=C(/C=C/c1ccc2ccc(Cl)cc2n1)NCC1CCN(c2ccccc2)C1. The average Bonchev–Trinajstić information content (AvgIpc) is 3.20. The van der Waals surface area contributed by atoms with Crippen molar-refractivity contribution in [3.8, 4) is 0 Å². The molecule has 0 bridgehead atoms. The fourth-order valence-corrected chi connectivity index (χ4v) is 3.70. The average molecular weight is 392 g/mol.